The fraction of sp³-hybridized carbons (Fsp3) is 0.167. The number of nitro benzene ring substituents is 1. The highest BCUT2D eigenvalue weighted by Crippen LogP contribution is 2.26. The first kappa shape index (κ1) is 20.9. The maximum atomic E-state index is 12.3. The number of ether oxygens (including phenoxy) is 1. The number of aromatic nitrogens is 3. The smallest absolute Gasteiger partial charge is 0.308 e. The lowest BCUT2D eigenvalue weighted by Gasteiger charge is -2.08. The van der Waals surface area contributed by atoms with Gasteiger partial charge in [-0.1, -0.05) is 28.9 Å². The van der Waals surface area contributed by atoms with E-state index in [4.69, 9.17) is 16.3 Å². The van der Waals surface area contributed by atoms with Gasteiger partial charge in [0.1, 0.15) is 5.52 Å². The van der Waals surface area contributed by atoms with Crippen LogP contribution in [0.25, 0.3) is 10.9 Å². The van der Waals surface area contributed by atoms with Crippen LogP contribution in [0.4, 0.5) is 11.4 Å². The Morgan fingerprint density at radius 1 is 1.23 bits per heavy atom. The van der Waals surface area contributed by atoms with Gasteiger partial charge in [0.2, 0.25) is 0 Å². The van der Waals surface area contributed by atoms with Crippen LogP contribution in [0.2, 0.25) is 5.02 Å². The molecule has 0 bridgehead atoms. The van der Waals surface area contributed by atoms with Crippen LogP contribution in [0, 0.1) is 10.1 Å². The van der Waals surface area contributed by atoms with Gasteiger partial charge < -0.3 is 10.1 Å². The average Bonchev–Trinajstić information content (AvgIpc) is 2.73. The van der Waals surface area contributed by atoms with Gasteiger partial charge in [-0.15, -0.1) is 5.10 Å². The molecule has 0 saturated carbocycles. The quantitative estimate of drug-likeness (QED) is 0.339. The van der Waals surface area contributed by atoms with Crippen molar-refractivity contribution < 1.29 is 19.2 Å². The highest BCUT2D eigenvalue weighted by Gasteiger charge is 2.14. The number of rotatable bonds is 7. The Balaban J connectivity index is 1.53. The number of aryl methyl sites for hydroxylation is 1. The number of hydrogen-bond donors (Lipinski definition) is 1. The zero-order valence-corrected chi connectivity index (χ0v) is 16.0. The predicted octanol–water partition coefficient (Wildman–Crippen LogP) is 1.93. The summed E-state index contributed by atoms with van der Waals surface area (Å²) in [6.45, 7) is -0.704. The summed E-state index contributed by atoms with van der Waals surface area (Å²) in [5, 5.41) is 21.3. The zero-order chi connectivity index (χ0) is 21.7. The summed E-state index contributed by atoms with van der Waals surface area (Å²) < 4.78 is 5.89. The standard InChI is InChI=1S/C18H14ClN5O6/c19-13-6-5-11(24(28)29)9-15(13)20-16(25)10-30-17(26)7-8-23-18(27)12-3-1-2-4-14(12)21-22-23/h1-6,9H,7-8,10H2,(H,20,25). The van der Waals surface area contributed by atoms with Crippen molar-refractivity contribution in [2.24, 2.45) is 0 Å². The van der Waals surface area contributed by atoms with E-state index in [1.54, 1.807) is 24.3 Å². The summed E-state index contributed by atoms with van der Waals surface area (Å²) >= 11 is 5.89. The number of halogens is 1. The number of benzene rings is 2. The lowest BCUT2D eigenvalue weighted by Crippen LogP contribution is -2.26. The van der Waals surface area contributed by atoms with Gasteiger partial charge in [-0.25, -0.2) is 4.68 Å². The maximum absolute atomic E-state index is 12.3. The van der Waals surface area contributed by atoms with Crippen molar-refractivity contribution in [3.63, 3.8) is 0 Å². The molecule has 0 fully saturated rings. The Morgan fingerprint density at radius 2 is 2.00 bits per heavy atom. The van der Waals surface area contributed by atoms with Crippen LogP contribution < -0.4 is 10.9 Å². The summed E-state index contributed by atoms with van der Waals surface area (Å²) in [5.74, 6) is -1.47. The molecule has 0 spiro atoms. The second-order valence-electron chi connectivity index (χ2n) is 6.02. The molecule has 3 aromatic rings. The fourth-order valence-electron chi connectivity index (χ4n) is 2.49. The van der Waals surface area contributed by atoms with E-state index in [0.717, 1.165) is 10.7 Å². The maximum Gasteiger partial charge on any atom is 0.308 e. The van der Waals surface area contributed by atoms with Crippen LogP contribution in [0.1, 0.15) is 6.42 Å². The fourth-order valence-corrected chi connectivity index (χ4v) is 2.66. The van der Waals surface area contributed by atoms with Crippen molar-refractivity contribution in [2.45, 2.75) is 13.0 Å². The molecule has 0 aliphatic rings. The average molecular weight is 432 g/mol. The lowest BCUT2D eigenvalue weighted by molar-refractivity contribution is -0.384. The minimum absolute atomic E-state index is 0.0184. The monoisotopic (exact) mass is 431 g/mol. The number of carbonyl (C=O) groups excluding carboxylic acids is 2. The van der Waals surface area contributed by atoms with Gasteiger partial charge in [-0.05, 0) is 18.2 Å². The van der Waals surface area contributed by atoms with Crippen molar-refractivity contribution in [1.82, 2.24) is 15.0 Å². The molecule has 1 aromatic heterocycles. The molecule has 1 heterocycles. The second-order valence-corrected chi connectivity index (χ2v) is 6.42. The summed E-state index contributed by atoms with van der Waals surface area (Å²) in [5.41, 5.74) is -0.192. The first-order chi connectivity index (χ1) is 14.3. The number of nitrogens with one attached hydrogen (secondary N) is 1. The number of nitrogens with zero attached hydrogens (tertiary/aromatic N) is 4. The molecule has 0 aliphatic carbocycles. The SMILES string of the molecule is O=C(COC(=O)CCn1nnc2ccccc2c1=O)Nc1cc([N+](=O)[O-])ccc1Cl. The van der Waals surface area contributed by atoms with Crippen molar-refractivity contribution in [1.29, 1.82) is 0 Å². The van der Waals surface area contributed by atoms with Crippen LogP contribution in [0.15, 0.2) is 47.3 Å². The molecular weight excluding hydrogens is 418 g/mol. The van der Waals surface area contributed by atoms with Gasteiger partial charge in [-0.2, -0.15) is 0 Å². The Kier molecular flexibility index (Phi) is 6.32. The van der Waals surface area contributed by atoms with E-state index in [0.29, 0.717) is 10.9 Å². The number of amides is 1. The topological polar surface area (TPSA) is 146 Å². The Morgan fingerprint density at radius 3 is 2.77 bits per heavy atom. The van der Waals surface area contributed by atoms with E-state index < -0.39 is 29.0 Å². The van der Waals surface area contributed by atoms with Gasteiger partial charge in [0.05, 0.1) is 34.0 Å². The molecule has 0 radical (unpaired) electrons. The van der Waals surface area contributed by atoms with E-state index in [1.807, 2.05) is 0 Å². The molecule has 12 heteroatoms. The predicted molar refractivity (Wildman–Crippen MR) is 106 cm³/mol. The number of hydrogen-bond acceptors (Lipinski definition) is 8. The van der Waals surface area contributed by atoms with Crippen molar-refractivity contribution in [2.75, 3.05) is 11.9 Å². The molecule has 0 unspecified atom stereocenters. The number of nitro groups is 1. The van der Waals surface area contributed by atoms with Gasteiger partial charge in [-0.3, -0.25) is 24.5 Å². The minimum atomic E-state index is -0.739. The molecule has 1 N–H and O–H groups in total. The Bertz CT molecular complexity index is 1200. The first-order valence-corrected chi connectivity index (χ1v) is 8.95. The Hall–Kier alpha value is -3.86. The number of fused-ring (bicyclic) bond motifs is 1. The van der Waals surface area contributed by atoms with Crippen LogP contribution in [0.3, 0.4) is 0 Å². The van der Waals surface area contributed by atoms with Gasteiger partial charge in [0.15, 0.2) is 6.61 Å². The molecule has 0 atom stereocenters. The normalized spacial score (nSPS) is 10.6. The minimum Gasteiger partial charge on any atom is -0.456 e. The molecule has 154 valence electrons. The molecule has 11 nitrogen and oxygen atoms in total. The van der Waals surface area contributed by atoms with Crippen molar-refractivity contribution in [3.8, 4) is 0 Å². The molecule has 2 aromatic carbocycles. The number of anilines is 1. The molecule has 3 rings (SSSR count). The van der Waals surface area contributed by atoms with Gasteiger partial charge >= 0.3 is 5.97 Å². The number of esters is 1. The molecule has 0 saturated heterocycles. The van der Waals surface area contributed by atoms with E-state index >= 15 is 0 Å². The van der Waals surface area contributed by atoms with Gasteiger partial charge in [0.25, 0.3) is 17.2 Å². The molecular formula is C18H14ClN5O6. The van der Waals surface area contributed by atoms with Crippen LogP contribution in [0.5, 0.6) is 0 Å². The Labute approximate surface area is 173 Å². The van der Waals surface area contributed by atoms with Gasteiger partial charge in [0, 0.05) is 12.1 Å². The first-order valence-electron chi connectivity index (χ1n) is 8.57. The van der Waals surface area contributed by atoms with Crippen LogP contribution >= 0.6 is 11.6 Å². The second kappa shape index (κ2) is 9.09. The summed E-state index contributed by atoms with van der Waals surface area (Å²) in [6, 6.07) is 10.2. The van der Waals surface area contributed by atoms with E-state index in [9.17, 15) is 24.5 Å². The third-order valence-corrected chi connectivity index (χ3v) is 4.29. The zero-order valence-electron chi connectivity index (χ0n) is 15.3. The van der Waals surface area contributed by atoms with Crippen LogP contribution in [-0.2, 0) is 20.9 Å². The summed E-state index contributed by atoms with van der Waals surface area (Å²) in [4.78, 5) is 46.3. The van der Waals surface area contributed by atoms with E-state index in [2.05, 4.69) is 15.6 Å². The highest BCUT2D eigenvalue weighted by molar-refractivity contribution is 6.33. The molecule has 30 heavy (non-hydrogen) atoms. The highest BCUT2D eigenvalue weighted by atomic mass is 35.5. The molecule has 1 amide bonds. The largest absolute Gasteiger partial charge is 0.456 e. The number of carbonyl (C=O) groups is 2. The van der Waals surface area contributed by atoms with Crippen molar-refractivity contribution >= 4 is 45.8 Å². The van der Waals surface area contributed by atoms with E-state index in [-0.39, 0.29) is 29.4 Å². The van der Waals surface area contributed by atoms with Crippen LogP contribution in [-0.4, -0.2) is 38.4 Å². The van der Waals surface area contributed by atoms with Crippen molar-refractivity contribution in [3.05, 3.63) is 68.0 Å². The molecule has 0 aliphatic heterocycles. The third-order valence-electron chi connectivity index (χ3n) is 3.96. The lowest BCUT2D eigenvalue weighted by atomic mass is 10.2. The van der Waals surface area contributed by atoms with E-state index in [1.165, 1.54) is 12.1 Å². The summed E-state index contributed by atoms with van der Waals surface area (Å²) in [7, 11) is 0. The third kappa shape index (κ3) is 4.94. The summed E-state index contributed by atoms with van der Waals surface area (Å²) in [6.07, 6.45) is -0.211. The number of non-ortho nitro benzene ring substituents is 1.